The lowest BCUT2D eigenvalue weighted by Crippen LogP contribution is -2.55. The first kappa shape index (κ1) is 20.4. The number of hydrogen-bond acceptors (Lipinski definition) is 1. The van der Waals surface area contributed by atoms with E-state index in [1.54, 1.807) is 0 Å². The van der Waals surface area contributed by atoms with Crippen LogP contribution in [0.5, 0.6) is 0 Å². The molecule has 0 aliphatic carbocycles. The number of aliphatic hydroxyl groups is 1. The average molecular weight is 408 g/mol. The minimum Gasteiger partial charge on any atom is -0.380 e. The molecule has 1 N–H and O–H groups in total. The summed E-state index contributed by atoms with van der Waals surface area (Å²) >= 11 is 0. The van der Waals surface area contributed by atoms with Gasteiger partial charge in [-0.05, 0) is 47.7 Å². The minimum atomic E-state index is -1.88. The normalized spacial score (nSPS) is 26.0. The molecule has 156 valence electrons. The van der Waals surface area contributed by atoms with E-state index >= 15 is 0 Å². The van der Waals surface area contributed by atoms with Crippen molar-refractivity contribution in [3.63, 3.8) is 0 Å². The van der Waals surface area contributed by atoms with Crippen molar-refractivity contribution in [3.05, 3.63) is 70.8 Å². The van der Waals surface area contributed by atoms with Crippen molar-refractivity contribution in [2.24, 2.45) is 5.92 Å². The van der Waals surface area contributed by atoms with Crippen LogP contribution in [-0.4, -0.2) is 35.8 Å². The van der Waals surface area contributed by atoms with Gasteiger partial charge in [-0.1, -0.05) is 0 Å². The first-order valence-corrected chi connectivity index (χ1v) is 10.1. The maximum atomic E-state index is 13.9. The summed E-state index contributed by atoms with van der Waals surface area (Å²) in [4.78, 5) is 0. The quantitative estimate of drug-likeness (QED) is 0.564. The second-order valence-corrected chi connectivity index (χ2v) is 9.23. The molecule has 2 fully saturated rings. The Balaban J connectivity index is 1.75. The van der Waals surface area contributed by atoms with Crippen LogP contribution in [0, 0.1) is 29.2 Å². The van der Waals surface area contributed by atoms with Gasteiger partial charge in [0.1, 0.15) is 28.9 Å². The molecule has 0 amide bonds. The van der Waals surface area contributed by atoms with Gasteiger partial charge in [0.05, 0.1) is 26.2 Å². The SMILES string of the molecule is C[N+]1(C)[C@@H]2CC[C@H]1CC(CC(O)(c1cc(F)cc(F)c1)c1cc(F)cc(F)c1)C2. The second-order valence-electron chi connectivity index (χ2n) is 9.23. The fourth-order valence-electron chi connectivity index (χ4n) is 5.57. The van der Waals surface area contributed by atoms with Crippen LogP contribution in [-0.2, 0) is 5.60 Å². The number of quaternary nitrogens is 1. The van der Waals surface area contributed by atoms with Gasteiger partial charge in [-0.15, -0.1) is 0 Å². The van der Waals surface area contributed by atoms with E-state index in [2.05, 4.69) is 14.1 Å². The first-order valence-electron chi connectivity index (χ1n) is 10.1. The van der Waals surface area contributed by atoms with Crippen molar-refractivity contribution >= 4 is 0 Å². The minimum absolute atomic E-state index is 0.0216. The Bertz CT molecular complexity index is 821. The average Bonchev–Trinajstić information content (AvgIpc) is 2.78. The van der Waals surface area contributed by atoms with E-state index in [0.29, 0.717) is 12.1 Å². The number of piperidine rings is 1. The lowest BCUT2D eigenvalue weighted by molar-refractivity contribution is -0.931. The summed E-state index contributed by atoms with van der Waals surface area (Å²) in [6.45, 7) is 0. The number of fused-ring (bicyclic) bond motifs is 2. The fraction of sp³-hybridized carbons (Fsp3) is 0.478. The smallest absolute Gasteiger partial charge is 0.126 e. The molecule has 2 bridgehead atoms. The molecular formula is C23H26F4NO+. The van der Waals surface area contributed by atoms with E-state index in [1.807, 2.05) is 0 Å². The molecule has 4 rings (SSSR count). The van der Waals surface area contributed by atoms with Crippen molar-refractivity contribution in [2.45, 2.75) is 49.8 Å². The van der Waals surface area contributed by atoms with Gasteiger partial charge in [-0.2, -0.15) is 0 Å². The molecule has 0 radical (unpaired) electrons. The topological polar surface area (TPSA) is 20.2 Å². The van der Waals surface area contributed by atoms with E-state index in [9.17, 15) is 22.7 Å². The predicted molar refractivity (Wildman–Crippen MR) is 102 cm³/mol. The highest BCUT2D eigenvalue weighted by molar-refractivity contribution is 5.37. The summed E-state index contributed by atoms with van der Waals surface area (Å²) in [5.74, 6) is -3.26. The molecule has 3 atom stereocenters. The van der Waals surface area contributed by atoms with Crippen LogP contribution in [0.25, 0.3) is 0 Å². The Morgan fingerprint density at radius 2 is 1.17 bits per heavy atom. The highest BCUT2D eigenvalue weighted by Crippen LogP contribution is 2.47. The van der Waals surface area contributed by atoms with E-state index < -0.39 is 28.9 Å². The zero-order valence-corrected chi connectivity index (χ0v) is 16.6. The Hall–Kier alpha value is -1.92. The molecule has 6 heteroatoms. The fourth-order valence-corrected chi connectivity index (χ4v) is 5.57. The van der Waals surface area contributed by atoms with Gasteiger partial charge in [0, 0.05) is 37.8 Å². The van der Waals surface area contributed by atoms with E-state index in [-0.39, 0.29) is 23.5 Å². The van der Waals surface area contributed by atoms with Crippen molar-refractivity contribution < 1.29 is 27.2 Å². The number of nitrogens with zero attached hydrogens (tertiary/aromatic N) is 1. The van der Waals surface area contributed by atoms with E-state index in [4.69, 9.17) is 0 Å². The summed E-state index contributed by atoms with van der Waals surface area (Å²) < 4.78 is 56.7. The van der Waals surface area contributed by atoms with Crippen molar-refractivity contribution in [1.29, 1.82) is 0 Å². The highest BCUT2D eigenvalue weighted by atomic mass is 19.1. The zero-order valence-electron chi connectivity index (χ0n) is 16.6. The summed E-state index contributed by atoms with van der Waals surface area (Å²) in [6.07, 6.45) is 4.10. The van der Waals surface area contributed by atoms with Crippen LogP contribution in [0.1, 0.15) is 43.2 Å². The van der Waals surface area contributed by atoms with Gasteiger partial charge in [0.25, 0.3) is 0 Å². The number of hydrogen-bond donors (Lipinski definition) is 1. The first-order chi connectivity index (χ1) is 13.6. The number of rotatable bonds is 4. The van der Waals surface area contributed by atoms with Gasteiger partial charge < -0.3 is 9.59 Å². The van der Waals surface area contributed by atoms with E-state index in [1.165, 1.54) is 0 Å². The summed E-state index contributed by atoms with van der Waals surface area (Å²) in [5, 5.41) is 11.7. The molecule has 2 aliphatic heterocycles. The molecule has 2 aromatic carbocycles. The predicted octanol–water partition coefficient (Wildman–Crippen LogP) is 4.89. The molecule has 1 unspecified atom stereocenters. The van der Waals surface area contributed by atoms with Gasteiger partial charge in [0.15, 0.2) is 0 Å². The molecule has 2 aliphatic rings. The molecule has 29 heavy (non-hydrogen) atoms. The third kappa shape index (κ3) is 3.68. The van der Waals surface area contributed by atoms with E-state index in [0.717, 1.165) is 66.6 Å². The maximum absolute atomic E-state index is 13.9. The zero-order chi connectivity index (χ0) is 21.0. The summed E-state index contributed by atoms with van der Waals surface area (Å²) in [7, 11) is 4.43. The van der Waals surface area contributed by atoms with Gasteiger partial charge in [-0.3, -0.25) is 0 Å². The maximum Gasteiger partial charge on any atom is 0.126 e. The van der Waals surface area contributed by atoms with Crippen LogP contribution in [0.15, 0.2) is 36.4 Å². The largest absolute Gasteiger partial charge is 0.380 e. The third-order valence-corrected chi connectivity index (χ3v) is 7.19. The summed E-state index contributed by atoms with van der Waals surface area (Å²) in [6, 6.07) is 6.53. The van der Waals surface area contributed by atoms with Crippen molar-refractivity contribution in [1.82, 2.24) is 0 Å². The molecular weight excluding hydrogens is 382 g/mol. The Labute approximate surface area is 168 Å². The molecule has 2 heterocycles. The molecule has 0 saturated carbocycles. The lowest BCUT2D eigenvalue weighted by atomic mass is 9.75. The number of halogens is 4. The molecule has 2 nitrogen and oxygen atoms in total. The summed E-state index contributed by atoms with van der Waals surface area (Å²) in [5.41, 5.74) is -1.93. The monoisotopic (exact) mass is 408 g/mol. The van der Waals surface area contributed by atoms with Gasteiger partial charge >= 0.3 is 0 Å². The van der Waals surface area contributed by atoms with Crippen molar-refractivity contribution in [2.75, 3.05) is 14.1 Å². The third-order valence-electron chi connectivity index (χ3n) is 7.19. The van der Waals surface area contributed by atoms with Crippen LogP contribution in [0.2, 0.25) is 0 Å². The second kappa shape index (κ2) is 7.10. The molecule has 2 aromatic rings. The van der Waals surface area contributed by atoms with Gasteiger partial charge in [-0.25, -0.2) is 17.6 Å². The Kier molecular flexibility index (Phi) is 4.98. The number of benzene rings is 2. The van der Waals surface area contributed by atoms with Crippen molar-refractivity contribution in [3.8, 4) is 0 Å². The lowest BCUT2D eigenvalue weighted by Gasteiger charge is -2.46. The Morgan fingerprint density at radius 1 is 0.793 bits per heavy atom. The van der Waals surface area contributed by atoms with Crippen LogP contribution < -0.4 is 0 Å². The van der Waals surface area contributed by atoms with Crippen LogP contribution in [0.4, 0.5) is 17.6 Å². The van der Waals surface area contributed by atoms with Crippen LogP contribution >= 0.6 is 0 Å². The molecule has 0 aromatic heterocycles. The van der Waals surface area contributed by atoms with Gasteiger partial charge in [0.2, 0.25) is 0 Å². The molecule has 2 saturated heterocycles. The van der Waals surface area contributed by atoms with Crippen LogP contribution in [0.3, 0.4) is 0 Å². The Morgan fingerprint density at radius 3 is 1.55 bits per heavy atom. The standard InChI is InChI=1S/C23H26F4NO/c1-28(2)21-3-4-22(28)6-14(5-21)13-23(29,15-7-17(24)11-18(25)8-15)16-9-19(26)12-20(27)10-16/h7-12,14,21-22,29H,3-6,13H2,1-2H3/q+1/t14?,21-,22+. The highest BCUT2D eigenvalue weighted by Gasteiger charge is 2.50. The molecule has 0 spiro atoms.